The van der Waals surface area contributed by atoms with E-state index < -0.39 is 5.97 Å². The zero-order chi connectivity index (χ0) is 20.6. The number of aromatic nitrogens is 1. The number of ketones is 1. The maximum atomic E-state index is 12.8. The third-order valence-corrected chi connectivity index (χ3v) is 4.42. The molecule has 148 valence electrons. The number of benzene rings is 2. The summed E-state index contributed by atoms with van der Waals surface area (Å²) in [7, 11) is 0. The van der Waals surface area contributed by atoms with Gasteiger partial charge in [0.1, 0.15) is 5.69 Å². The molecule has 0 bridgehead atoms. The van der Waals surface area contributed by atoms with E-state index >= 15 is 0 Å². The lowest BCUT2D eigenvalue weighted by Crippen LogP contribution is -2.34. The minimum Gasteiger partial charge on any atom is -0.451 e. The van der Waals surface area contributed by atoms with E-state index in [9.17, 15) is 14.4 Å². The smallest absolute Gasteiger partial charge is 0.355 e. The fourth-order valence-corrected chi connectivity index (χ4v) is 2.85. The van der Waals surface area contributed by atoms with Crippen LogP contribution in [0, 0.1) is 0 Å². The van der Waals surface area contributed by atoms with Crippen LogP contribution in [0.4, 0.5) is 0 Å². The van der Waals surface area contributed by atoms with E-state index in [0.717, 1.165) is 11.1 Å². The third kappa shape index (κ3) is 5.65. The Bertz CT molecular complexity index is 939. The highest BCUT2D eigenvalue weighted by Gasteiger charge is 2.18. The molecule has 1 N–H and O–H groups in total. The van der Waals surface area contributed by atoms with Crippen LogP contribution < -0.4 is 0 Å². The van der Waals surface area contributed by atoms with E-state index in [1.54, 1.807) is 4.90 Å². The topological polar surface area (TPSA) is 79.5 Å². The van der Waals surface area contributed by atoms with Gasteiger partial charge in [0.05, 0.1) is 0 Å². The predicted molar refractivity (Wildman–Crippen MR) is 108 cm³/mol. The molecule has 0 aliphatic carbocycles. The predicted octanol–water partition coefficient (Wildman–Crippen LogP) is 3.60. The first-order chi connectivity index (χ1) is 14.0. The molecule has 6 heteroatoms. The Morgan fingerprint density at radius 1 is 0.897 bits per heavy atom. The van der Waals surface area contributed by atoms with Crippen molar-refractivity contribution in [3.8, 4) is 0 Å². The van der Waals surface area contributed by atoms with E-state index in [2.05, 4.69) is 4.98 Å². The average molecular weight is 390 g/mol. The molecular weight excluding hydrogens is 368 g/mol. The normalized spacial score (nSPS) is 10.4. The van der Waals surface area contributed by atoms with Gasteiger partial charge in [-0.05, 0) is 24.1 Å². The summed E-state index contributed by atoms with van der Waals surface area (Å²) in [6.07, 6.45) is 1.44. The number of ether oxygens (including phenoxy) is 1. The molecule has 0 unspecified atom stereocenters. The number of rotatable bonds is 8. The van der Waals surface area contributed by atoms with Crippen LogP contribution in [0.5, 0.6) is 0 Å². The molecule has 1 amide bonds. The van der Waals surface area contributed by atoms with Crippen LogP contribution in [-0.2, 0) is 22.6 Å². The van der Waals surface area contributed by atoms with E-state index in [4.69, 9.17) is 4.74 Å². The van der Waals surface area contributed by atoms with Crippen molar-refractivity contribution in [2.45, 2.75) is 20.0 Å². The van der Waals surface area contributed by atoms with Gasteiger partial charge < -0.3 is 14.6 Å². The third-order valence-electron chi connectivity index (χ3n) is 4.42. The summed E-state index contributed by atoms with van der Waals surface area (Å²) >= 11 is 0. The van der Waals surface area contributed by atoms with Crippen LogP contribution in [0.3, 0.4) is 0 Å². The van der Waals surface area contributed by atoms with Crippen molar-refractivity contribution in [1.82, 2.24) is 9.88 Å². The molecule has 0 spiro atoms. The average Bonchev–Trinajstić information content (AvgIpc) is 3.24. The summed E-state index contributed by atoms with van der Waals surface area (Å²) in [6.45, 7) is 1.84. The van der Waals surface area contributed by atoms with E-state index in [0.29, 0.717) is 18.7 Å². The van der Waals surface area contributed by atoms with E-state index in [1.807, 2.05) is 60.7 Å². The van der Waals surface area contributed by atoms with Crippen LogP contribution in [0.2, 0.25) is 0 Å². The Morgan fingerprint density at radius 3 is 1.93 bits per heavy atom. The molecule has 0 aliphatic heterocycles. The van der Waals surface area contributed by atoms with Gasteiger partial charge >= 0.3 is 5.97 Å². The fraction of sp³-hybridized carbons (Fsp3) is 0.174. The van der Waals surface area contributed by atoms with E-state index in [-0.39, 0.29) is 24.0 Å². The standard InChI is InChI=1S/C23H22N2O4/c1-17(26)20-12-21(24-13-20)23(28)29-16-22(27)25(14-18-8-4-2-5-9-18)15-19-10-6-3-7-11-19/h2-13,24H,14-16H2,1H3. The lowest BCUT2D eigenvalue weighted by molar-refractivity contribution is -0.135. The van der Waals surface area contributed by atoms with Crippen LogP contribution in [0.1, 0.15) is 38.9 Å². The number of carbonyl (C=O) groups excluding carboxylic acids is 3. The molecule has 1 aromatic heterocycles. The Kier molecular flexibility index (Phi) is 6.58. The largest absolute Gasteiger partial charge is 0.451 e. The summed E-state index contributed by atoms with van der Waals surface area (Å²) in [6, 6.07) is 20.7. The second kappa shape index (κ2) is 9.50. The van der Waals surface area contributed by atoms with Gasteiger partial charge in [-0.1, -0.05) is 60.7 Å². The highest BCUT2D eigenvalue weighted by molar-refractivity contribution is 5.97. The Labute approximate surface area is 169 Å². The highest BCUT2D eigenvalue weighted by atomic mass is 16.5. The molecule has 29 heavy (non-hydrogen) atoms. The van der Waals surface area contributed by atoms with Gasteiger partial charge in [-0.25, -0.2) is 4.79 Å². The fourth-order valence-electron chi connectivity index (χ4n) is 2.85. The number of hydrogen-bond donors (Lipinski definition) is 1. The van der Waals surface area contributed by atoms with Gasteiger partial charge in [0.2, 0.25) is 0 Å². The van der Waals surface area contributed by atoms with Crippen molar-refractivity contribution in [1.29, 1.82) is 0 Å². The molecule has 3 aromatic rings. The van der Waals surface area contributed by atoms with Gasteiger partial charge in [-0.15, -0.1) is 0 Å². The first-order valence-electron chi connectivity index (χ1n) is 9.25. The second-order valence-corrected chi connectivity index (χ2v) is 6.66. The SMILES string of the molecule is CC(=O)c1c[nH]c(C(=O)OCC(=O)N(Cc2ccccc2)Cc2ccccc2)c1. The maximum absolute atomic E-state index is 12.8. The number of carbonyl (C=O) groups is 3. The molecule has 0 saturated carbocycles. The van der Waals surface area contributed by atoms with Crippen LogP contribution in [-0.4, -0.2) is 34.2 Å². The quantitative estimate of drug-likeness (QED) is 0.471. The number of H-pyrrole nitrogens is 1. The molecule has 3 rings (SSSR count). The molecule has 0 aliphatic rings. The monoisotopic (exact) mass is 390 g/mol. The molecule has 6 nitrogen and oxygen atoms in total. The number of esters is 1. The van der Waals surface area contributed by atoms with Gasteiger partial charge in [0.25, 0.3) is 5.91 Å². The van der Waals surface area contributed by atoms with Gasteiger partial charge in [0.15, 0.2) is 12.4 Å². The van der Waals surface area contributed by atoms with Crippen LogP contribution in [0.15, 0.2) is 72.9 Å². The van der Waals surface area contributed by atoms with Crippen LogP contribution in [0.25, 0.3) is 0 Å². The summed E-state index contributed by atoms with van der Waals surface area (Å²) in [5, 5.41) is 0. The summed E-state index contributed by atoms with van der Waals surface area (Å²) in [4.78, 5) is 40.7. The van der Waals surface area contributed by atoms with Gasteiger partial charge in [-0.3, -0.25) is 9.59 Å². The van der Waals surface area contributed by atoms with Crippen molar-refractivity contribution in [2.75, 3.05) is 6.61 Å². The van der Waals surface area contributed by atoms with Gasteiger partial charge in [0, 0.05) is 24.8 Å². The van der Waals surface area contributed by atoms with Gasteiger partial charge in [-0.2, -0.15) is 0 Å². The number of amides is 1. The van der Waals surface area contributed by atoms with Crippen molar-refractivity contribution >= 4 is 17.7 Å². The zero-order valence-electron chi connectivity index (χ0n) is 16.1. The minimum absolute atomic E-state index is 0.140. The Balaban J connectivity index is 1.66. The van der Waals surface area contributed by atoms with Crippen molar-refractivity contribution in [3.63, 3.8) is 0 Å². The maximum Gasteiger partial charge on any atom is 0.355 e. The molecular formula is C23H22N2O4. The molecule has 0 fully saturated rings. The number of aromatic amines is 1. The Morgan fingerprint density at radius 2 is 1.45 bits per heavy atom. The van der Waals surface area contributed by atoms with Crippen LogP contribution >= 0.6 is 0 Å². The summed E-state index contributed by atoms with van der Waals surface area (Å²) in [5.74, 6) is -1.14. The number of nitrogens with one attached hydrogen (secondary N) is 1. The first kappa shape index (κ1) is 20.1. The molecule has 2 aromatic carbocycles. The lowest BCUT2D eigenvalue weighted by atomic mass is 10.1. The molecule has 1 heterocycles. The highest BCUT2D eigenvalue weighted by Crippen LogP contribution is 2.11. The first-order valence-corrected chi connectivity index (χ1v) is 9.25. The van der Waals surface area contributed by atoms with Crippen molar-refractivity contribution in [3.05, 3.63) is 95.3 Å². The number of nitrogens with zero attached hydrogens (tertiary/aromatic N) is 1. The second-order valence-electron chi connectivity index (χ2n) is 6.66. The number of Topliss-reactive ketones (excluding diaryl/α,β-unsaturated/α-hetero) is 1. The zero-order valence-corrected chi connectivity index (χ0v) is 16.1. The molecule has 0 atom stereocenters. The lowest BCUT2D eigenvalue weighted by Gasteiger charge is -2.23. The summed E-state index contributed by atoms with van der Waals surface area (Å²) in [5.41, 5.74) is 2.50. The Hall–Kier alpha value is -3.67. The van der Waals surface area contributed by atoms with E-state index in [1.165, 1.54) is 19.2 Å². The molecule has 0 radical (unpaired) electrons. The molecule has 0 saturated heterocycles. The minimum atomic E-state index is -0.676. The van der Waals surface area contributed by atoms with Crippen molar-refractivity contribution < 1.29 is 19.1 Å². The summed E-state index contributed by atoms with van der Waals surface area (Å²) < 4.78 is 5.17. The number of hydrogen-bond acceptors (Lipinski definition) is 4. The van der Waals surface area contributed by atoms with Crippen molar-refractivity contribution in [2.24, 2.45) is 0 Å².